The molecule has 1 aliphatic rings. The van der Waals surface area contributed by atoms with Crippen LogP contribution in [0.2, 0.25) is 5.02 Å². The van der Waals surface area contributed by atoms with Crippen molar-refractivity contribution in [3.8, 4) is 0 Å². The number of nitrogens with one attached hydrogen (secondary N) is 1. The largest absolute Gasteiger partial charge is 0.444 e. The number of benzene rings is 2. The minimum Gasteiger partial charge on any atom is -0.444 e. The monoisotopic (exact) mass is 450 g/mol. The highest BCUT2D eigenvalue weighted by molar-refractivity contribution is 7.92. The fourth-order valence-electron chi connectivity index (χ4n) is 3.84. The lowest BCUT2D eigenvalue weighted by Gasteiger charge is -2.24. The summed E-state index contributed by atoms with van der Waals surface area (Å²) < 4.78 is 32.4. The van der Waals surface area contributed by atoms with Gasteiger partial charge in [-0.3, -0.25) is 0 Å². The first-order valence-electron chi connectivity index (χ1n) is 9.68. The van der Waals surface area contributed by atoms with Crippen LogP contribution < -0.4 is 11.1 Å². The molecule has 3 rings (SSSR count). The zero-order valence-corrected chi connectivity index (χ0v) is 19.0. The molecule has 30 heavy (non-hydrogen) atoms. The molecule has 0 aliphatic heterocycles. The predicted molar refractivity (Wildman–Crippen MR) is 118 cm³/mol. The second-order valence-electron chi connectivity index (χ2n) is 8.68. The Morgan fingerprint density at radius 2 is 1.83 bits per heavy atom. The quantitative estimate of drug-likeness (QED) is 0.721. The van der Waals surface area contributed by atoms with Crippen LogP contribution in [0.15, 0.2) is 53.4 Å². The Morgan fingerprint density at radius 1 is 1.20 bits per heavy atom. The second-order valence-corrected chi connectivity index (χ2v) is 11.2. The number of nitrogens with two attached hydrogens (primary N) is 1. The Bertz CT molecular complexity index is 1050. The average molecular weight is 451 g/mol. The van der Waals surface area contributed by atoms with Gasteiger partial charge < -0.3 is 15.8 Å². The van der Waals surface area contributed by atoms with Gasteiger partial charge in [-0.25, -0.2) is 13.2 Å². The van der Waals surface area contributed by atoms with Crippen molar-refractivity contribution in [3.63, 3.8) is 0 Å². The molecule has 0 bridgehead atoms. The predicted octanol–water partition coefficient (Wildman–Crippen LogP) is 3.81. The molecular weight excluding hydrogens is 424 g/mol. The van der Waals surface area contributed by atoms with Crippen LogP contribution in [0.1, 0.15) is 37.8 Å². The van der Waals surface area contributed by atoms with E-state index in [0.29, 0.717) is 10.6 Å². The summed E-state index contributed by atoms with van der Waals surface area (Å²) in [6.45, 7) is 7.03. The summed E-state index contributed by atoms with van der Waals surface area (Å²) in [5.74, 6) is -0.556. The summed E-state index contributed by atoms with van der Waals surface area (Å²) >= 11 is 6.15. The molecule has 1 saturated carbocycles. The van der Waals surface area contributed by atoms with Crippen molar-refractivity contribution in [2.45, 2.75) is 54.9 Å². The molecule has 0 spiro atoms. The highest BCUT2D eigenvalue weighted by Crippen LogP contribution is 2.57. The number of rotatable bonds is 5. The van der Waals surface area contributed by atoms with E-state index in [-0.39, 0.29) is 11.4 Å². The van der Waals surface area contributed by atoms with Gasteiger partial charge in [-0.2, -0.15) is 0 Å². The van der Waals surface area contributed by atoms with Crippen LogP contribution >= 0.6 is 11.6 Å². The Morgan fingerprint density at radius 3 is 2.37 bits per heavy atom. The molecule has 6 nitrogen and oxygen atoms in total. The molecule has 1 fully saturated rings. The van der Waals surface area contributed by atoms with Gasteiger partial charge in [-0.1, -0.05) is 41.4 Å². The average Bonchev–Trinajstić information content (AvgIpc) is 3.30. The maximum atomic E-state index is 13.5. The molecule has 0 heterocycles. The van der Waals surface area contributed by atoms with Crippen LogP contribution in [-0.4, -0.2) is 37.4 Å². The van der Waals surface area contributed by atoms with E-state index >= 15 is 0 Å². The molecule has 0 saturated heterocycles. The first-order valence-corrected chi connectivity index (χ1v) is 11.6. The number of hydrogen-bond acceptors (Lipinski definition) is 5. The van der Waals surface area contributed by atoms with Crippen LogP contribution in [0.4, 0.5) is 4.79 Å². The molecule has 1 amide bonds. The Kier molecular flexibility index (Phi) is 5.93. The van der Waals surface area contributed by atoms with Crippen molar-refractivity contribution in [2.24, 2.45) is 5.73 Å². The van der Waals surface area contributed by atoms with Crippen molar-refractivity contribution in [2.75, 3.05) is 6.54 Å². The molecule has 2 aromatic rings. The van der Waals surface area contributed by atoms with E-state index in [4.69, 9.17) is 22.1 Å². The normalized spacial score (nSPS) is 23.7. The molecule has 3 atom stereocenters. The van der Waals surface area contributed by atoms with Gasteiger partial charge in [0.15, 0.2) is 9.84 Å². The first kappa shape index (κ1) is 22.6. The van der Waals surface area contributed by atoms with Crippen LogP contribution in [0.3, 0.4) is 0 Å². The van der Waals surface area contributed by atoms with Gasteiger partial charge >= 0.3 is 6.09 Å². The van der Waals surface area contributed by atoms with Crippen LogP contribution in [0, 0.1) is 6.92 Å². The van der Waals surface area contributed by atoms with E-state index in [2.05, 4.69) is 5.32 Å². The standard InChI is InChI=1S/C22H27ClN2O4S/c1-14-8-10-17(11-9-14)30(27,28)19-18(15-6-5-7-16(23)12-15)22(19,13-24)25-20(26)29-21(2,3)4/h5-12,18-19H,13,24H2,1-4H3,(H,25,26). The maximum absolute atomic E-state index is 13.5. The minimum atomic E-state index is -3.80. The van der Waals surface area contributed by atoms with Crippen molar-refractivity contribution in [1.29, 1.82) is 0 Å². The van der Waals surface area contributed by atoms with E-state index in [1.807, 2.05) is 6.92 Å². The zero-order valence-electron chi connectivity index (χ0n) is 17.5. The van der Waals surface area contributed by atoms with Crippen molar-refractivity contribution in [3.05, 3.63) is 64.7 Å². The third kappa shape index (κ3) is 4.33. The number of sulfone groups is 1. The van der Waals surface area contributed by atoms with Crippen LogP contribution in [0.25, 0.3) is 0 Å². The lowest BCUT2D eigenvalue weighted by molar-refractivity contribution is 0.0497. The first-order chi connectivity index (χ1) is 13.9. The fraction of sp³-hybridized carbons (Fsp3) is 0.409. The molecule has 0 radical (unpaired) electrons. The minimum absolute atomic E-state index is 0.0703. The Hall–Kier alpha value is -2.09. The van der Waals surface area contributed by atoms with Crippen molar-refractivity contribution >= 4 is 27.5 Å². The molecule has 162 valence electrons. The van der Waals surface area contributed by atoms with E-state index in [1.165, 1.54) is 0 Å². The van der Waals surface area contributed by atoms with E-state index in [1.54, 1.807) is 69.3 Å². The topological polar surface area (TPSA) is 98.5 Å². The highest BCUT2D eigenvalue weighted by atomic mass is 35.5. The molecule has 3 N–H and O–H groups in total. The van der Waals surface area contributed by atoms with Crippen molar-refractivity contribution < 1.29 is 17.9 Å². The number of carbonyl (C=O) groups excluding carboxylic acids is 1. The van der Waals surface area contributed by atoms with Gasteiger partial charge in [-0.15, -0.1) is 0 Å². The lowest BCUT2D eigenvalue weighted by atomic mass is 10.1. The second kappa shape index (κ2) is 7.87. The number of ether oxygens (including phenoxy) is 1. The number of amides is 1. The number of hydrogen-bond donors (Lipinski definition) is 2. The molecule has 3 unspecified atom stereocenters. The smallest absolute Gasteiger partial charge is 0.408 e. The zero-order chi connectivity index (χ0) is 22.3. The fourth-order valence-corrected chi connectivity index (χ4v) is 6.39. The Labute approximate surface area is 182 Å². The molecular formula is C22H27ClN2O4S. The molecule has 2 aromatic carbocycles. The number of carbonyl (C=O) groups is 1. The number of aryl methyl sites for hydroxylation is 1. The van der Waals surface area contributed by atoms with Gasteiger partial charge in [0, 0.05) is 17.5 Å². The van der Waals surface area contributed by atoms with Gasteiger partial charge in [0.25, 0.3) is 0 Å². The Balaban J connectivity index is 2.05. The van der Waals surface area contributed by atoms with Gasteiger partial charge in [0.2, 0.25) is 0 Å². The van der Waals surface area contributed by atoms with Crippen LogP contribution in [0.5, 0.6) is 0 Å². The SMILES string of the molecule is Cc1ccc(S(=O)(=O)C2C(c3cccc(Cl)c3)C2(CN)NC(=O)OC(C)(C)C)cc1. The van der Waals surface area contributed by atoms with E-state index < -0.39 is 38.2 Å². The maximum Gasteiger partial charge on any atom is 0.408 e. The summed E-state index contributed by atoms with van der Waals surface area (Å²) in [7, 11) is -3.80. The molecule has 0 aromatic heterocycles. The van der Waals surface area contributed by atoms with E-state index in [9.17, 15) is 13.2 Å². The van der Waals surface area contributed by atoms with Gasteiger partial charge in [-0.05, 0) is 57.5 Å². The summed E-state index contributed by atoms with van der Waals surface area (Å²) in [4.78, 5) is 12.7. The van der Waals surface area contributed by atoms with E-state index in [0.717, 1.165) is 5.56 Å². The summed E-state index contributed by atoms with van der Waals surface area (Å²) in [6.07, 6.45) is -0.707. The van der Waals surface area contributed by atoms with Gasteiger partial charge in [0.05, 0.1) is 10.4 Å². The number of halogens is 1. The molecule has 1 aliphatic carbocycles. The van der Waals surface area contributed by atoms with Crippen molar-refractivity contribution in [1.82, 2.24) is 5.32 Å². The lowest BCUT2D eigenvalue weighted by Crippen LogP contribution is -2.49. The van der Waals surface area contributed by atoms with Gasteiger partial charge in [0.1, 0.15) is 10.9 Å². The van der Waals surface area contributed by atoms with Crippen LogP contribution in [-0.2, 0) is 14.6 Å². The molecule has 8 heteroatoms. The summed E-state index contributed by atoms with van der Waals surface area (Å²) in [5, 5.41) is 2.31. The summed E-state index contributed by atoms with van der Waals surface area (Å²) in [5.41, 5.74) is 5.79. The third-order valence-electron chi connectivity index (χ3n) is 5.22. The third-order valence-corrected chi connectivity index (χ3v) is 7.75. The highest BCUT2D eigenvalue weighted by Gasteiger charge is 2.71. The number of alkyl carbamates (subject to hydrolysis) is 1. The summed E-state index contributed by atoms with van der Waals surface area (Å²) in [6, 6.07) is 13.6.